The minimum absolute atomic E-state index is 0.00890. The van der Waals surface area contributed by atoms with E-state index in [4.69, 9.17) is 4.42 Å². The van der Waals surface area contributed by atoms with Crippen LogP contribution in [0, 0.1) is 17.0 Å². The third kappa shape index (κ3) is 4.20. The molecule has 1 amide bonds. The fourth-order valence-electron chi connectivity index (χ4n) is 3.73. The molecule has 2 saturated heterocycles. The van der Waals surface area contributed by atoms with Gasteiger partial charge in [-0.05, 0) is 20.0 Å². The molecular formula is C19H25N7O4. The molecule has 160 valence electrons. The SMILES string of the molecule is Cc1nc(N2CCN(C)CC2)cc(N2CCN(C(=O)c3ccc([N+](=O)[O-])o3)CC2)n1. The number of aryl methyl sites for hydroxylation is 1. The van der Waals surface area contributed by atoms with Crippen LogP contribution in [0.1, 0.15) is 16.4 Å². The molecule has 11 heteroatoms. The van der Waals surface area contributed by atoms with Crippen molar-refractivity contribution in [1.82, 2.24) is 19.8 Å². The summed E-state index contributed by atoms with van der Waals surface area (Å²) in [5.74, 6) is 1.75. The number of anilines is 2. The van der Waals surface area contributed by atoms with Gasteiger partial charge in [0.1, 0.15) is 22.4 Å². The van der Waals surface area contributed by atoms with Gasteiger partial charge in [0.25, 0.3) is 5.91 Å². The van der Waals surface area contributed by atoms with E-state index in [1.165, 1.54) is 12.1 Å². The fraction of sp³-hybridized carbons (Fsp3) is 0.526. The monoisotopic (exact) mass is 415 g/mol. The average molecular weight is 415 g/mol. The van der Waals surface area contributed by atoms with Crippen molar-refractivity contribution in [3.05, 3.63) is 39.9 Å². The molecule has 0 bridgehead atoms. The van der Waals surface area contributed by atoms with E-state index in [-0.39, 0.29) is 11.7 Å². The molecule has 0 aromatic carbocycles. The Hall–Kier alpha value is -3.21. The Balaban J connectivity index is 1.41. The summed E-state index contributed by atoms with van der Waals surface area (Å²) in [6.07, 6.45) is 0. The zero-order valence-electron chi connectivity index (χ0n) is 17.2. The average Bonchev–Trinajstić information content (AvgIpc) is 3.24. The van der Waals surface area contributed by atoms with Gasteiger partial charge in [-0.3, -0.25) is 14.9 Å². The van der Waals surface area contributed by atoms with Crippen LogP contribution in [0.5, 0.6) is 0 Å². The molecule has 4 heterocycles. The zero-order valence-corrected chi connectivity index (χ0v) is 17.2. The molecule has 0 atom stereocenters. The van der Waals surface area contributed by atoms with Crippen molar-refractivity contribution in [3.63, 3.8) is 0 Å². The predicted molar refractivity (Wildman–Crippen MR) is 110 cm³/mol. The van der Waals surface area contributed by atoms with E-state index >= 15 is 0 Å². The maximum Gasteiger partial charge on any atom is 0.433 e. The minimum atomic E-state index is -0.649. The summed E-state index contributed by atoms with van der Waals surface area (Å²) >= 11 is 0. The van der Waals surface area contributed by atoms with Crippen LogP contribution < -0.4 is 9.80 Å². The van der Waals surface area contributed by atoms with Gasteiger partial charge in [0, 0.05) is 58.4 Å². The summed E-state index contributed by atoms with van der Waals surface area (Å²) in [5.41, 5.74) is 0. The Labute approximate surface area is 174 Å². The van der Waals surface area contributed by atoms with Gasteiger partial charge < -0.3 is 24.0 Å². The van der Waals surface area contributed by atoms with Crippen LogP contribution in [-0.2, 0) is 0 Å². The highest BCUT2D eigenvalue weighted by atomic mass is 16.6. The van der Waals surface area contributed by atoms with Crippen LogP contribution in [0.15, 0.2) is 22.6 Å². The molecular weight excluding hydrogens is 390 g/mol. The van der Waals surface area contributed by atoms with Crippen molar-refractivity contribution in [1.29, 1.82) is 0 Å². The second kappa shape index (κ2) is 8.27. The van der Waals surface area contributed by atoms with E-state index in [2.05, 4.69) is 31.7 Å². The Morgan fingerprint density at radius 2 is 1.57 bits per heavy atom. The first kappa shape index (κ1) is 20.1. The molecule has 2 aliphatic heterocycles. The van der Waals surface area contributed by atoms with Crippen molar-refractivity contribution < 1.29 is 14.1 Å². The highest BCUT2D eigenvalue weighted by Gasteiger charge is 2.27. The molecule has 2 aliphatic rings. The highest BCUT2D eigenvalue weighted by Crippen LogP contribution is 2.23. The second-order valence-electron chi connectivity index (χ2n) is 7.60. The highest BCUT2D eigenvalue weighted by molar-refractivity contribution is 5.92. The van der Waals surface area contributed by atoms with E-state index < -0.39 is 10.8 Å². The lowest BCUT2D eigenvalue weighted by Gasteiger charge is -2.36. The first-order valence-electron chi connectivity index (χ1n) is 9.98. The topological polar surface area (TPSA) is 112 Å². The number of carbonyl (C=O) groups is 1. The Bertz CT molecular complexity index is 931. The molecule has 2 aromatic rings. The maximum absolute atomic E-state index is 12.6. The largest absolute Gasteiger partial charge is 0.433 e. The molecule has 0 spiro atoms. The number of furan rings is 1. The Morgan fingerprint density at radius 1 is 1.00 bits per heavy atom. The summed E-state index contributed by atoms with van der Waals surface area (Å²) in [6.45, 7) is 7.98. The summed E-state index contributed by atoms with van der Waals surface area (Å²) in [5, 5.41) is 10.8. The first-order valence-corrected chi connectivity index (χ1v) is 9.98. The standard InChI is InChI=1S/C19H25N7O4/c1-14-20-16(23-7-5-22(2)6-8-23)13-17(21-14)24-9-11-25(12-10-24)19(27)15-3-4-18(30-15)26(28)29/h3-4,13H,5-12H2,1-2H3. The smallest absolute Gasteiger partial charge is 0.395 e. The minimum Gasteiger partial charge on any atom is -0.395 e. The Kier molecular flexibility index (Phi) is 5.53. The van der Waals surface area contributed by atoms with Gasteiger partial charge in [0.15, 0.2) is 5.76 Å². The number of amides is 1. The van der Waals surface area contributed by atoms with Crippen LogP contribution in [0.4, 0.5) is 17.5 Å². The summed E-state index contributed by atoms with van der Waals surface area (Å²) in [4.78, 5) is 40.3. The zero-order chi connectivity index (χ0) is 21.3. The number of nitrogens with zero attached hydrogens (tertiary/aromatic N) is 7. The summed E-state index contributed by atoms with van der Waals surface area (Å²) in [7, 11) is 2.12. The lowest BCUT2D eigenvalue weighted by molar-refractivity contribution is -0.402. The predicted octanol–water partition coefficient (Wildman–Crippen LogP) is 1.00. The van der Waals surface area contributed by atoms with E-state index in [0.29, 0.717) is 26.2 Å². The quantitative estimate of drug-likeness (QED) is 0.533. The normalized spacial score (nSPS) is 18.0. The number of likely N-dealkylation sites (N-methyl/N-ethyl adjacent to an activating group) is 1. The van der Waals surface area contributed by atoms with Gasteiger partial charge in [-0.25, -0.2) is 9.97 Å². The van der Waals surface area contributed by atoms with Crippen molar-refractivity contribution in [3.8, 4) is 0 Å². The molecule has 11 nitrogen and oxygen atoms in total. The number of piperazine rings is 2. The molecule has 2 fully saturated rings. The number of rotatable bonds is 4. The Morgan fingerprint density at radius 3 is 2.10 bits per heavy atom. The van der Waals surface area contributed by atoms with Crippen LogP contribution in [0.2, 0.25) is 0 Å². The molecule has 0 aliphatic carbocycles. The number of aromatic nitrogens is 2. The lowest BCUT2D eigenvalue weighted by atomic mass is 10.2. The van der Waals surface area contributed by atoms with Gasteiger partial charge in [-0.15, -0.1) is 0 Å². The third-order valence-corrected chi connectivity index (χ3v) is 5.51. The van der Waals surface area contributed by atoms with Gasteiger partial charge >= 0.3 is 5.88 Å². The van der Waals surface area contributed by atoms with E-state index in [1.54, 1.807) is 4.90 Å². The van der Waals surface area contributed by atoms with E-state index in [1.807, 2.05) is 13.0 Å². The molecule has 30 heavy (non-hydrogen) atoms. The summed E-state index contributed by atoms with van der Waals surface area (Å²) in [6, 6.07) is 4.57. The van der Waals surface area contributed by atoms with E-state index in [9.17, 15) is 14.9 Å². The molecule has 4 rings (SSSR count). The van der Waals surface area contributed by atoms with Crippen molar-refractivity contribution >= 4 is 23.4 Å². The van der Waals surface area contributed by atoms with Crippen LogP contribution in [0.3, 0.4) is 0 Å². The fourth-order valence-corrected chi connectivity index (χ4v) is 3.73. The third-order valence-electron chi connectivity index (χ3n) is 5.51. The molecule has 2 aromatic heterocycles. The van der Waals surface area contributed by atoms with Crippen LogP contribution in [-0.4, -0.2) is 90.0 Å². The number of nitro groups is 1. The lowest BCUT2D eigenvalue weighted by Crippen LogP contribution is -2.49. The van der Waals surface area contributed by atoms with Crippen molar-refractivity contribution in [2.45, 2.75) is 6.92 Å². The first-order chi connectivity index (χ1) is 14.4. The number of carbonyl (C=O) groups excluding carboxylic acids is 1. The molecule has 0 unspecified atom stereocenters. The van der Waals surface area contributed by atoms with Crippen LogP contribution in [0.25, 0.3) is 0 Å². The van der Waals surface area contributed by atoms with Gasteiger partial charge in [-0.2, -0.15) is 0 Å². The number of hydrogen-bond donors (Lipinski definition) is 0. The number of hydrogen-bond acceptors (Lipinski definition) is 9. The molecule has 0 N–H and O–H groups in total. The molecule has 0 saturated carbocycles. The van der Waals surface area contributed by atoms with Gasteiger partial charge in [-0.1, -0.05) is 0 Å². The van der Waals surface area contributed by atoms with Gasteiger partial charge in [0.05, 0.1) is 6.07 Å². The van der Waals surface area contributed by atoms with Crippen molar-refractivity contribution in [2.75, 3.05) is 69.2 Å². The molecule has 0 radical (unpaired) electrons. The van der Waals surface area contributed by atoms with Crippen molar-refractivity contribution in [2.24, 2.45) is 0 Å². The second-order valence-corrected chi connectivity index (χ2v) is 7.60. The van der Waals surface area contributed by atoms with Gasteiger partial charge in [0.2, 0.25) is 0 Å². The van der Waals surface area contributed by atoms with Crippen LogP contribution >= 0.6 is 0 Å². The van der Waals surface area contributed by atoms with E-state index in [0.717, 1.165) is 43.6 Å². The maximum atomic E-state index is 12.6. The summed E-state index contributed by atoms with van der Waals surface area (Å²) < 4.78 is 5.04.